The fraction of sp³-hybridized carbons (Fsp3) is 0.350. The molecule has 2 rings (SSSR count). The fourth-order valence-electron chi connectivity index (χ4n) is 2.69. The maximum absolute atomic E-state index is 12.0. The smallest absolute Gasteiger partial charge is 0.275 e. The first-order valence-electron chi connectivity index (χ1n) is 8.49. The van der Waals surface area contributed by atoms with Gasteiger partial charge in [0.1, 0.15) is 11.8 Å². The minimum absolute atomic E-state index is 0.0630. The lowest BCUT2D eigenvalue weighted by Gasteiger charge is -2.13. The van der Waals surface area contributed by atoms with Gasteiger partial charge < -0.3 is 15.4 Å². The molecule has 5 heteroatoms. The SMILES string of the molecule is COc1ccc([C@@H](C)[NH2+]CC(=O)NCCc2ccccc2C)cc1Br. The second kappa shape index (κ2) is 9.59. The molecule has 0 saturated carbocycles. The van der Waals surface area contributed by atoms with Crippen LogP contribution in [0.2, 0.25) is 0 Å². The Bertz CT molecular complexity index is 719. The van der Waals surface area contributed by atoms with Gasteiger partial charge in [-0.05, 0) is 65.5 Å². The standard InChI is InChI=1S/C20H25BrN2O2/c1-14-6-4-5-7-16(14)10-11-22-20(24)13-23-15(2)17-8-9-19(25-3)18(21)12-17/h4-9,12,15,23H,10-11,13H2,1-3H3,(H,22,24)/p+1/t15-/m1/s1. The second-order valence-electron chi connectivity index (χ2n) is 6.15. The van der Waals surface area contributed by atoms with Gasteiger partial charge >= 0.3 is 0 Å². The molecule has 1 amide bonds. The summed E-state index contributed by atoms with van der Waals surface area (Å²) in [6.45, 7) is 5.27. The van der Waals surface area contributed by atoms with Gasteiger partial charge in [0.2, 0.25) is 0 Å². The summed E-state index contributed by atoms with van der Waals surface area (Å²) in [6.07, 6.45) is 0.861. The molecular weight excluding hydrogens is 380 g/mol. The number of hydrogen-bond acceptors (Lipinski definition) is 2. The van der Waals surface area contributed by atoms with Crippen LogP contribution in [0.25, 0.3) is 0 Å². The third-order valence-electron chi connectivity index (χ3n) is 4.34. The maximum atomic E-state index is 12.0. The Morgan fingerprint density at radius 3 is 2.72 bits per heavy atom. The Balaban J connectivity index is 1.75. The van der Waals surface area contributed by atoms with Crippen molar-refractivity contribution in [2.75, 3.05) is 20.2 Å². The molecule has 1 atom stereocenters. The minimum Gasteiger partial charge on any atom is -0.496 e. The van der Waals surface area contributed by atoms with Gasteiger partial charge in [-0.2, -0.15) is 0 Å². The summed E-state index contributed by atoms with van der Waals surface area (Å²) in [5.41, 5.74) is 3.70. The lowest BCUT2D eigenvalue weighted by molar-refractivity contribution is -0.682. The number of carbonyl (C=O) groups excluding carboxylic acids is 1. The van der Waals surface area contributed by atoms with Crippen LogP contribution in [0.4, 0.5) is 0 Å². The maximum Gasteiger partial charge on any atom is 0.275 e. The van der Waals surface area contributed by atoms with E-state index in [0.717, 1.165) is 22.2 Å². The van der Waals surface area contributed by atoms with Crippen molar-refractivity contribution in [3.8, 4) is 5.75 Å². The number of halogens is 1. The van der Waals surface area contributed by atoms with E-state index in [0.29, 0.717) is 13.1 Å². The first-order valence-corrected chi connectivity index (χ1v) is 9.28. The highest BCUT2D eigenvalue weighted by molar-refractivity contribution is 9.10. The largest absolute Gasteiger partial charge is 0.496 e. The third-order valence-corrected chi connectivity index (χ3v) is 4.96. The van der Waals surface area contributed by atoms with E-state index in [4.69, 9.17) is 4.74 Å². The average Bonchev–Trinajstić information content (AvgIpc) is 2.61. The van der Waals surface area contributed by atoms with Crippen LogP contribution in [0.5, 0.6) is 5.75 Å². The molecule has 0 heterocycles. The number of aryl methyl sites for hydroxylation is 1. The summed E-state index contributed by atoms with van der Waals surface area (Å²) in [4.78, 5) is 12.0. The molecule has 0 aromatic heterocycles. The van der Waals surface area contributed by atoms with Crippen LogP contribution < -0.4 is 15.4 Å². The summed E-state index contributed by atoms with van der Waals surface area (Å²) < 4.78 is 6.17. The van der Waals surface area contributed by atoms with Crippen LogP contribution in [0.3, 0.4) is 0 Å². The van der Waals surface area contributed by atoms with Gasteiger partial charge in [-0.25, -0.2) is 0 Å². The molecule has 134 valence electrons. The molecule has 0 aliphatic carbocycles. The first-order chi connectivity index (χ1) is 12.0. The lowest BCUT2D eigenvalue weighted by atomic mass is 10.1. The molecule has 0 saturated heterocycles. The lowest BCUT2D eigenvalue weighted by Crippen LogP contribution is -2.87. The van der Waals surface area contributed by atoms with Crippen molar-refractivity contribution in [1.82, 2.24) is 5.32 Å². The van der Waals surface area contributed by atoms with Gasteiger partial charge in [0, 0.05) is 12.1 Å². The number of benzene rings is 2. The molecule has 0 fully saturated rings. The van der Waals surface area contributed by atoms with Crippen LogP contribution in [-0.2, 0) is 11.2 Å². The molecule has 0 aliphatic heterocycles. The van der Waals surface area contributed by atoms with Crippen molar-refractivity contribution in [1.29, 1.82) is 0 Å². The molecule has 0 aliphatic rings. The molecule has 2 aromatic carbocycles. The predicted molar refractivity (Wildman–Crippen MR) is 104 cm³/mol. The number of nitrogens with two attached hydrogens (primary N) is 1. The van der Waals surface area contributed by atoms with Crippen molar-refractivity contribution in [2.24, 2.45) is 0 Å². The van der Waals surface area contributed by atoms with Gasteiger partial charge in [-0.3, -0.25) is 4.79 Å². The zero-order valence-electron chi connectivity index (χ0n) is 15.0. The van der Waals surface area contributed by atoms with Crippen LogP contribution in [-0.4, -0.2) is 26.1 Å². The first kappa shape index (κ1) is 19.5. The number of amides is 1. The van der Waals surface area contributed by atoms with Gasteiger partial charge in [-0.1, -0.05) is 24.3 Å². The molecule has 25 heavy (non-hydrogen) atoms. The molecule has 0 radical (unpaired) electrons. The van der Waals surface area contributed by atoms with E-state index < -0.39 is 0 Å². The summed E-state index contributed by atoms with van der Waals surface area (Å²) in [7, 11) is 1.65. The molecule has 0 bridgehead atoms. The Morgan fingerprint density at radius 2 is 2.04 bits per heavy atom. The fourth-order valence-corrected chi connectivity index (χ4v) is 3.24. The number of ether oxygens (including phenoxy) is 1. The Hall–Kier alpha value is -1.85. The van der Waals surface area contributed by atoms with E-state index in [1.165, 1.54) is 11.1 Å². The molecule has 4 nitrogen and oxygen atoms in total. The van der Waals surface area contributed by atoms with Gasteiger partial charge in [-0.15, -0.1) is 0 Å². The van der Waals surface area contributed by atoms with E-state index in [1.54, 1.807) is 7.11 Å². The van der Waals surface area contributed by atoms with Gasteiger partial charge in [0.25, 0.3) is 5.91 Å². The quantitative estimate of drug-likeness (QED) is 0.709. The van der Waals surface area contributed by atoms with Crippen LogP contribution in [0, 0.1) is 6.92 Å². The monoisotopic (exact) mass is 405 g/mol. The number of methoxy groups -OCH3 is 1. The number of nitrogens with one attached hydrogen (secondary N) is 1. The highest BCUT2D eigenvalue weighted by atomic mass is 79.9. The van der Waals surface area contributed by atoms with Crippen LogP contribution >= 0.6 is 15.9 Å². The molecular formula is C20H26BrN2O2+. The summed E-state index contributed by atoms with van der Waals surface area (Å²) in [5.74, 6) is 0.873. The number of hydrogen-bond donors (Lipinski definition) is 2. The Labute approximate surface area is 158 Å². The van der Waals surface area contributed by atoms with E-state index in [1.807, 2.05) is 35.6 Å². The number of rotatable bonds is 8. The normalized spacial score (nSPS) is 11.8. The van der Waals surface area contributed by atoms with E-state index in [2.05, 4.69) is 47.2 Å². The molecule has 0 unspecified atom stereocenters. The van der Waals surface area contributed by atoms with Crippen LogP contribution in [0.15, 0.2) is 46.9 Å². The zero-order valence-corrected chi connectivity index (χ0v) is 16.6. The minimum atomic E-state index is 0.0630. The van der Waals surface area contributed by atoms with E-state index in [-0.39, 0.29) is 11.9 Å². The Morgan fingerprint density at radius 1 is 1.28 bits per heavy atom. The zero-order chi connectivity index (χ0) is 18.2. The third kappa shape index (κ3) is 5.87. The van der Waals surface area contributed by atoms with E-state index in [9.17, 15) is 4.79 Å². The van der Waals surface area contributed by atoms with Gasteiger partial charge in [0.15, 0.2) is 6.54 Å². The van der Waals surface area contributed by atoms with Crippen molar-refractivity contribution >= 4 is 21.8 Å². The van der Waals surface area contributed by atoms with Crippen molar-refractivity contribution in [3.63, 3.8) is 0 Å². The van der Waals surface area contributed by atoms with Gasteiger partial charge in [0.05, 0.1) is 11.6 Å². The average molecular weight is 406 g/mol. The number of quaternary nitrogens is 1. The summed E-state index contributed by atoms with van der Waals surface area (Å²) in [5, 5.41) is 5.03. The topological polar surface area (TPSA) is 54.9 Å². The van der Waals surface area contributed by atoms with Crippen molar-refractivity contribution < 1.29 is 14.8 Å². The summed E-state index contributed by atoms with van der Waals surface area (Å²) >= 11 is 3.50. The van der Waals surface area contributed by atoms with Crippen molar-refractivity contribution in [3.05, 3.63) is 63.6 Å². The number of carbonyl (C=O) groups is 1. The summed E-state index contributed by atoms with van der Waals surface area (Å²) in [6, 6.07) is 14.5. The molecule has 3 N–H and O–H groups in total. The Kier molecular flexibility index (Phi) is 7.47. The highest BCUT2D eigenvalue weighted by Gasteiger charge is 2.13. The van der Waals surface area contributed by atoms with E-state index >= 15 is 0 Å². The molecule has 2 aromatic rings. The highest BCUT2D eigenvalue weighted by Crippen LogP contribution is 2.27. The molecule has 0 spiro atoms. The predicted octanol–water partition coefficient (Wildman–Crippen LogP) is 2.75. The second-order valence-corrected chi connectivity index (χ2v) is 7.00. The van der Waals surface area contributed by atoms with Crippen molar-refractivity contribution in [2.45, 2.75) is 26.3 Å². The van der Waals surface area contributed by atoms with Crippen LogP contribution in [0.1, 0.15) is 29.7 Å².